The first-order chi connectivity index (χ1) is 16.7. The third kappa shape index (κ3) is 4.42. The molecule has 1 aromatic carbocycles. The van der Waals surface area contributed by atoms with Crippen molar-refractivity contribution in [3.05, 3.63) is 47.8 Å². The number of aromatic nitrogens is 1. The number of carbonyl (C=O) groups is 1. The molecule has 0 saturated heterocycles. The van der Waals surface area contributed by atoms with Crippen molar-refractivity contribution in [3.8, 4) is 17.2 Å². The molecule has 6 nitrogen and oxygen atoms in total. The zero-order valence-corrected chi connectivity index (χ0v) is 19.3. The van der Waals surface area contributed by atoms with Crippen molar-refractivity contribution in [2.24, 2.45) is 0 Å². The second-order valence-corrected chi connectivity index (χ2v) is 11.2. The van der Waals surface area contributed by atoms with Crippen LogP contribution in [0, 0.1) is 11.3 Å². The molecule has 1 aromatic heterocycles. The summed E-state index contributed by atoms with van der Waals surface area (Å²) in [5.74, 6) is -1.01. The van der Waals surface area contributed by atoms with Crippen LogP contribution in [0.1, 0.15) is 49.8 Å². The number of pyridine rings is 1. The van der Waals surface area contributed by atoms with Gasteiger partial charge in [-0.3, -0.25) is 9.78 Å². The first-order valence-electron chi connectivity index (χ1n) is 10.9. The molecule has 2 saturated carbocycles. The summed E-state index contributed by atoms with van der Waals surface area (Å²) in [6.45, 7) is 0. The van der Waals surface area contributed by atoms with E-state index >= 15 is 0 Å². The van der Waals surface area contributed by atoms with Crippen LogP contribution in [0.15, 0.2) is 41.4 Å². The predicted octanol–water partition coefficient (Wildman–Crippen LogP) is 5.05. The summed E-state index contributed by atoms with van der Waals surface area (Å²) in [7, 11) is -4.93. The van der Waals surface area contributed by atoms with Crippen LogP contribution in [-0.4, -0.2) is 29.6 Å². The molecule has 2 aliphatic carbocycles. The molecule has 2 aromatic rings. The van der Waals surface area contributed by atoms with Crippen molar-refractivity contribution in [1.82, 2.24) is 10.3 Å². The summed E-state index contributed by atoms with van der Waals surface area (Å²) in [6, 6.07) is 5.63. The monoisotopic (exact) mass is 531 g/mol. The van der Waals surface area contributed by atoms with Gasteiger partial charge in [-0.1, -0.05) is 18.9 Å². The summed E-state index contributed by atoms with van der Waals surface area (Å²) < 4.78 is 107. The van der Waals surface area contributed by atoms with Gasteiger partial charge >= 0.3 is 12.4 Å². The Labute approximate surface area is 202 Å². The van der Waals surface area contributed by atoms with E-state index in [1.54, 1.807) is 0 Å². The summed E-state index contributed by atoms with van der Waals surface area (Å²) in [5.41, 5.74) is -4.69. The Bertz CT molecular complexity index is 1350. The first kappa shape index (κ1) is 25.9. The van der Waals surface area contributed by atoms with Crippen LogP contribution < -0.4 is 5.32 Å². The quantitative estimate of drug-likeness (QED) is 0.545. The van der Waals surface area contributed by atoms with Gasteiger partial charge in [0, 0.05) is 6.20 Å². The van der Waals surface area contributed by atoms with Crippen LogP contribution in [0.25, 0.3) is 11.1 Å². The molecule has 1 heterocycles. The number of nitriles is 1. The minimum atomic E-state index is -5.20. The molecular formula is C23H19F6N3O3S. The Kier molecular flexibility index (Phi) is 6.10. The van der Waals surface area contributed by atoms with Gasteiger partial charge in [0.1, 0.15) is 11.2 Å². The largest absolute Gasteiger partial charge is 0.433 e. The Morgan fingerprint density at radius 3 is 2.08 bits per heavy atom. The molecule has 192 valence electrons. The zero-order valence-electron chi connectivity index (χ0n) is 18.5. The maximum atomic E-state index is 14.1. The van der Waals surface area contributed by atoms with Crippen LogP contribution >= 0.6 is 0 Å². The Hall–Kier alpha value is -3.14. The molecule has 0 atom stereocenters. The molecular weight excluding hydrogens is 512 g/mol. The van der Waals surface area contributed by atoms with Gasteiger partial charge in [0.25, 0.3) is 0 Å². The van der Waals surface area contributed by atoms with Crippen LogP contribution in [0.2, 0.25) is 0 Å². The SMILES string of the molecule is N#CC1(NC(=O)C2(S(=O)(=O)c3ccc(-c4ccnc(C(F)(F)F)c4)cc3C(F)(F)F)CCCC2)CC1. The Balaban J connectivity index is 1.83. The highest BCUT2D eigenvalue weighted by molar-refractivity contribution is 7.93. The number of sulfone groups is 1. The number of carbonyl (C=O) groups excluding carboxylic acids is 1. The number of alkyl halides is 6. The Morgan fingerprint density at radius 2 is 1.56 bits per heavy atom. The molecule has 13 heteroatoms. The summed E-state index contributed by atoms with van der Waals surface area (Å²) >= 11 is 0. The molecule has 0 bridgehead atoms. The molecule has 2 fully saturated rings. The minimum absolute atomic E-state index is 0.221. The lowest BCUT2D eigenvalue weighted by Crippen LogP contribution is -2.54. The third-order valence-electron chi connectivity index (χ3n) is 6.61. The van der Waals surface area contributed by atoms with Crippen molar-refractivity contribution < 1.29 is 39.6 Å². The average molecular weight is 531 g/mol. The number of amides is 1. The summed E-state index contributed by atoms with van der Waals surface area (Å²) in [6.07, 6.45) is -8.51. The fourth-order valence-electron chi connectivity index (χ4n) is 4.43. The molecule has 2 aliphatic rings. The van der Waals surface area contributed by atoms with E-state index in [2.05, 4.69) is 10.3 Å². The van der Waals surface area contributed by atoms with Gasteiger partial charge in [-0.2, -0.15) is 31.6 Å². The maximum Gasteiger partial charge on any atom is 0.433 e. The van der Waals surface area contributed by atoms with E-state index < -0.39 is 54.5 Å². The fourth-order valence-corrected chi connectivity index (χ4v) is 6.68. The summed E-state index contributed by atoms with van der Waals surface area (Å²) in [4.78, 5) is 15.2. The number of halogens is 6. The van der Waals surface area contributed by atoms with Gasteiger partial charge in [0.2, 0.25) is 5.91 Å². The number of nitrogens with one attached hydrogen (secondary N) is 1. The van der Waals surface area contributed by atoms with Crippen molar-refractivity contribution in [3.63, 3.8) is 0 Å². The molecule has 0 radical (unpaired) electrons. The minimum Gasteiger partial charge on any atom is -0.336 e. The van der Waals surface area contributed by atoms with E-state index in [1.165, 1.54) is 0 Å². The number of benzene rings is 1. The van der Waals surface area contributed by atoms with Crippen LogP contribution in [-0.2, 0) is 27.0 Å². The van der Waals surface area contributed by atoms with E-state index in [-0.39, 0.29) is 36.8 Å². The van der Waals surface area contributed by atoms with Crippen molar-refractivity contribution in [1.29, 1.82) is 5.26 Å². The topological polar surface area (TPSA) is 99.9 Å². The molecule has 4 rings (SSSR count). The molecule has 36 heavy (non-hydrogen) atoms. The van der Waals surface area contributed by atoms with Crippen LogP contribution in [0.4, 0.5) is 26.3 Å². The lowest BCUT2D eigenvalue weighted by atomic mass is 10.0. The van der Waals surface area contributed by atoms with Gasteiger partial charge in [0.15, 0.2) is 14.6 Å². The number of hydrogen-bond donors (Lipinski definition) is 1. The Morgan fingerprint density at radius 1 is 0.944 bits per heavy atom. The smallest absolute Gasteiger partial charge is 0.336 e. The highest BCUT2D eigenvalue weighted by Gasteiger charge is 2.58. The van der Waals surface area contributed by atoms with Crippen molar-refractivity contribution in [2.75, 3.05) is 0 Å². The maximum absolute atomic E-state index is 14.1. The van der Waals surface area contributed by atoms with Gasteiger partial charge < -0.3 is 5.32 Å². The average Bonchev–Trinajstić information content (AvgIpc) is 3.38. The molecule has 1 amide bonds. The fraction of sp³-hybridized carbons (Fsp3) is 0.435. The standard InChI is InChI=1S/C23H19F6N3O3S/c24-22(25,26)16-11-14(15-5-10-31-18(12-15)23(27,28)29)3-4-17(16)36(34,35)21(6-1-2-7-21)19(33)32-20(13-30)8-9-20/h3-5,10-12H,1-2,6-9H2,(H,32,33). The number of hydrogen-bond acceptors (Lipinski definition) is 5. The molecule has 0 spiro atoms. The second-order valence-electron chi connectivity index (χ2n) is 8.99. The highest BCUT2D eigenvalue weighted by Crippen LogP contribution is 2.46. The highest BCUT2D eigenvalue weighted by atomic mass is 32.2. The van der Waals surface area contributed by atoms with E-state index in [1.807, 2.05) is 6.07 Å². The molecule has 0 unspecified atom stereocenters. The normalized spacial score (nSPS) is 18.9. The van der Waals surface area contributed by atoms with E-state index in [4.69, 9.17) is 0 Å². The van der Waals surface area contributed by atoms with Gasteiger partial charge in [-0.05, 0) is 61.1 Å². The lowest BCUT2D eigenvalue weighted by molar-refractivity contribution is -0.141. The number of nitrogens with zero attached hydrogens (tertiary/aromatic N) is 2. The van der Waals surface area contributed by atoms with Crippen molar-refractivity contribution in [2.45, 2.75) is 66.1 Å². The predicted molar refractivity (Wildman–Crippen MR) is 114 cm³/mol. The summed E-state index contributed by atoms with van der Waals surface area (Å²) in [5, 5.41) is 11.7. The first-order valence-corrected chi connectivity index (χ1v) is 12.4. The van der Waals surface area contributed by atoms with Gasteiger partial charge in [-0.25, -0.2) is 8.42 Å². The molecule has 1 N–H and O–H groups in total. The second kappa shape index (κ2) is 8.47. The van der Waals surface area contributed by atoms with Gasteiger partial charge in [-0.15, -0.1) is 0 Å². The lowest BCUT2D eigenvalue weighted by Gasteiger charge is -2.30. The van der Waals surface area contributed by atoms with E-state index in [9.17, 15) is 44.8 Å². The van der Waals surface area contributed by atoms with Gasteiger partial charge in [0.05, 0.1) is 16.5 Å². The number of rotatable bonds is 5. The van der Waals surface area contributed by atoms with Crippen molar-refractivity contribution >= 4 is 15.7 Å². The van der Waals surface area contributed by atoms with E-state index in [0.29, 0.717) is 31.0 Å². The zero-order chi connectivity index (χ0) is 26.6. The van der Waals surface area contributed by atoms with E-state index in [0.717, 1.165) is 18.3 Å². The van der Waals surface area contributed by atoms with Crippen LogP contribution in [0.3, 0.4) is 0 Å². The molecule has 0 aliphatic heterocycles. The van der Waals surface area contributed by atoms with Crippen LogP contribution in [0.5, 0.6) is 0 Å². The third-order valence-corrected chi connectivity index (χ3v) is 9.17.